The summed E-state index contributed by atoms with van der Waals surface area (Å²) < 4.78 is 16.4. The van der Waals surface area contributed by atoms with E-state index in [1.165, 1.54) is 19.1 Å². The average Bonchev–Trinajstić information content (AvgIpc) is 2.93. The van der Waals surface area contributed by atoms with Crippen molar-refractivity contribution in [3.63, 3.8) is 0 Å². The maximum Gasteiger partial charge on any atom is 0.355 e. The zero-order valence-electron chi connectivity index (χ0n) is 20.6. The van der Waals surface area contributed by atoms with Crippen molar-refractivity contribution >= 4 is 17.6 Å². The summed E-state index contributed by atoms with van der Waals surface area (Å²) in [5.41, 5.74) is 8.26. The van der Waals surface area contributed by atoms with Crippen LogP contribution in [0.1, 0.15) is 17.0 Å². The van der Waals surface area contributed by atoms with Crippen LogP contribution in [0.4, 0.5) is 5.69 Å². The third-order valence-electron chi connectivity index (χ3n) is 6.03. The average molecular weight is 496 g/mol. The number of nitrogens with two attached hydrogens (primary N) is 1. The smallest absolute Gasteiger partial charge is 0.355 e. The van der Waals surface area contributed by atoms with Crippen LogP contribution >= 0.6 is 0 Å². The lowest BCUT2D eigenvalue weighted by Gasteiger charge is -2.36. The van der Waals surface area contributed by atoms with Gasteiger partial charge in [0.2, 0.25) is 0 Å². The van der Waals surface area contributed by atoms with Crippen molar-refractivity contribution in [2.24, 2.45) is 5.73 Å². The monoisotopic (exact) mass is 495 g/mol. The first-order chi connectivity index (χ1) is 17.9. The number of aryl methyl sites for hydroxylation is 1. The van der Waals surface area contributed by atoms with Crippen LogP contribution in [0.3, 0.4) is 0 Å². The number of hydrogen-bond donors (Lipinski definition) is 1. The summed E-state index contributed by atoms with van der Waals surface area (Å²) in [6.07, 6.45) is 0. The van der Waals surface area contributed by atoms with E-state index in [1.807, 2.05) is 31.2 Å². The quantitative estimate of drug-likeness (QED) is 0.490. The van der Waals surface area contributed by atoms with Gasteiger partial charge in [-0.15, -0.1) is 0 Å². The Kier molecular flexibility index (Phi) is 7.26. The number of anilines is 1. The molecule has 0 saturated carbocycles. The molecule has 1 aliphatic rings. The van der Waals surface area contributed by atoms with Gasteiger partial charge in [-0.05, 0) is 36.2 Å². The molecule has 1 unspecified atom stereocenters. The van der Waals surface area contributed by atoms with Crippen LogP contribution in [-0.4, -0.2) is 26.2 Å². The summed E-state index contributed by atoms with van der Waals surface area (Å²) in [5.74, 6) is -1.67. The molecule has 2 N–H and O–H groups in total. The van der Waals surface area contributed by atoms with E-state index in [0.717, 1.165) is 5.56 Å². The van der Waals surface area contributed by atoms with Gasteiger partial charge < -0.3 is 19.9 Å². The van der Waals surface area contributed by atoms with E-state index in [9.17, 15) is 14.9 Å². The zero-order chi connectivity index (χ0) is 26.5. The number of rotatable bonds is 6. The number of ether oxygens (including phenoxy) is 3. The fraction of sp³-hybridized carbons (Fsp3) is 0.138. The normalized spacial score (nSPS) is 15.2. The Hall–Kier alpha value is -5.03. The van der Waals surface area contributed by atoms with Crippen LogP contribution in [0.25, 0.3) is 0 Å². The molecule has 4 rings (SSSR count). The highest BCUT2D eigenvalue weighted by atomic mass is 16.5. The van der Waals surface area contributed by atoms with Crippen molar-refractivity contribution in [3.05, 3.63) is 113 Å². The summed E-state index contributed by atoms with van der Waals surface area (Å²) in [7, 11) is 2.41. The lowest BCUT2D eigenvalue weighted by atomic mass is 9.81. The predicted octanol–water partition coefficient (Wildman–Crippen LogP) is 4.69. The molecular formula is C29H25N3O5. The third-order valence-corrected chi connectivity index (χ3v) is 6.03. The van der Waals surface area contributed by atoms with Gasteiger partial charge in [-0.2, -0.15) is 5.26 Å². The minimum absolute atomic E-state index is 0.0368. The molecule has 0 spiro atoms. The summed E-state index contributed by atoms with van der Waals surface area (Å²) in [6.45, 7) is 1.90. The second-order valence-electron chi connectivity index (χ2n) is 8.17. The number of hydrogen-bond acceptors (Lipinski definition) is 8. The van der Waals surface area contributed by atoms with Crippen LogP contribution in [0.2, 0.25) is 0 Å². The summed E-state index contributed by atoms with van der Waals surface area (Å²) >= 11 is 0. The molecule has 0 radical (unpaired) electrons. The van der Waals surface area contributed by atoms with Crippen LogP contribution in [0.15, 0.2) is 102 Å². The Morgan fingerprint density at radius 2 is 1.46 bits per heavy atom. The number of carbonyl (C=O) groups excluding carboxylic acids is 2. The lowest BCUT2D eigenvalue weighted by Crippen LogP contribution is -2.40. The van der Waals surface area contributed by atoms with E-state index in [2.05, 4.69) is 6.07 Å². The van der Waals surface area contributed by atoms with Gasteiger partial charge in [-0.25, -0.2) is 9.59 Å². The van der Waals surface area contributed by atoms with E-state index in [4.69, 9.17) is 19.9 Å². The largest absolute Gasteiger partial charge is 0.466 e. The van der Waals surface area contributed by atoms with Crippen molar-refractivity contribution in [1.29, 1.82) is 5.26 Å². The molecule has 1 heterocycles. The van der Waals surface area contributed by atoms with Crippen LogP contribution in [-0.2, 0) is 19.1 Å². The van der Waals surface area contributed by atoms with Gasteiger partial charge >= 0.3 is 11.9 Å². The fourth-order valence-corrected chi connectivity index (χ4v) is 4.28. The van der Waals surface area contributed by atoms with Crippen LogP contribution in [0, 0.1) is 18.3 Å². The third kappa shape index (κ3) is 4.62. The highest BCUT2D eigenvalue weighted by Crippen LogP contribution is 2.45. The molecule has 0 amide bonds. The number of para-hydroxylation sites is 3. The molecule has 1 atom stereocenters. The Bertz CT molecular complexity index is 1450. The van der Waals surface area contributed by atoms with Gasteiger partial charge in [0.1, 0.15) is 17.3 Å². The van der Waals surface area contributed by atoms with E-state index in [0.29, 0.717) is 22.7 Å². The molecule has 3 aromatic carbocycles. The first kappa shape index (κ1) is 25.1. The van der Waals surface area contributed by atoms with Gasteiger partial charge in [0, 0.05) is 0 Å². The van der Waals surface area contributed by atoms with E-state index < -0.39 is 17.9 Å². The molecular weight excluding hydrogens is 470 g/mol. The summed E-state index contributed by atoms with van der Waals surface area (Å²) in [5, 5.41) is 10.2. The molecule has 0 saturated heterocycles. The van der Waals surface area contributed by atoms with Crippen molar-refractivity contribution in [3.8, 4) is 17.6 Å². The first-order valence-electron chi connectivity index (χ1n) is 11.4. The standard InChI is InChI=1S/C29H25N3O5/c1-18-11-7-9-15-22(18)37-23-16-10-8-14-21(23)32-26(29(34)36-3)25(28(33)35-2)24(20(17-30)27(32)31)19-12-5-4-6-13-19/h4-16,24H,31H2,1-3H3. The number of methoxy groups -OCH3 is 2. The second kappa shape index (κ2) is 10.7. The Morgan fingerprint density at radius 1 is 0.865 bits per heavy atom. The van der Waals surface area contributed by atoms with Crippen molar-refractivity contribution in [2.45, 2.75) is 12.8 Å². The molecule has 3 aromatic rings. The van der Waals surface area contributed by atoms with Gasteiger partial charge in [0.05, 0.1) is 43.0 Å². The van der Waals surface area contributed by atoms with Crippen LogP contribution < -0.4 is 15.4 Å². The highest BCUT2D eigenvalue weighted by molar-refractivity contribution is 6.06. The number of esters is 2. The molecule has 186 valence electrons. The van der Waals surface area contributed by atoms with Crippen molar-refractivity contribution in [1.82, 2.24) is 0 Å². The number of nitrogens with zero attached hydrogens (tertiary/aromatic N) is 2. The number of nitriles is 1. The van der Waals surface area contributed by atoms with Crippen LogP contribution in [0.5, 0.6) is 11.5 Å². The molecule has 8 nitrogen and oxygen atoms in total. The van der Waals surface area contributed by atoms with E-state index in [-0.39, 0.29) is 22.7 Å². The molecule has 37 heavy (non-hydrogen) atoms. The highest BCUT2D eigenvalue weighted by Gasteiger charge is 2.43. The number of benzene rings is 3. The molecule has 0 fully saturated rings. The molecule has 0 aromatic heterocycles. The maximum atomic E-state index is 13.3. The topological polar surface area (TPSA) is 115 Å². The second-order valence-corrected chi connectivity index (χ2v) is 8.17. The zero-order valence-corrected chi connectivity index (χ0v) is 20.6. The number of allylic oxidation sites excluding steroid dienone is 1. The molecule has 8 heteroatoms. The van der Waals surface area contributed by atoms with E-state index in [1.54, 1.807) is 54.6 Å². The maximum absolute atomic E-state index is 13.3. The Morgan fingerprint density at radius 3 is 2.08 bits per heavy atom. The minimum Gasteiger partial charge on any atom is -0.466 e. The summed E-state index contributed by atoms with van der Waals surface area (Å²) in [6, 6.07) is 25.3. The minimum atomic E-state index is -0.951. The predicted molar refractivity (Wildman–Crippen MR) is 137 cm³/mol. The fourth-order valence-electron chi connectivity index (χ4n) is 4.28. The SMILES string of the molecule is COC(=O)C1=C(C(=O)OC)N(c2ccccc2Oc2ccccc2C)C(N)=C(C#N)C1c1ccccc1. The van der Waals surface area contributed by atoms with Crippen molar-refractivity contribution < 1.29 is 23.8 Å². The number of carbonyl (C=O) groups is 2. The summed E-state index contributed by atoms with van der Waals surface area (Å²) in [4.78, 5) is 27.8. The molecule has 0 bridgehead atoms. The lowest BCUT2D eigenvalue weighted by molar-refractivity contribution is -0.139. The molecule has 1 aliphatic heterocycles. The van der Waals surface area contributed by atoms with Gasteiger partial charge in [-0.1, -0.05) is 60.7 Å². The Labute approximate surface area is 214 Å². The van der Waals surface area contributed by atoms with Gasteiger partial charge in [0.25, 0.3) is 0 Å². The van der Waals surface area contributed by atoms with E-state index >= 15 is 0 Å². The first-order valence-corrected chi connectivity index (χ1v) is 11.4. The van der Waals surface area contributed by atoms with Gasteiger partial charge in [0.15, 0.2) is 5.75 Å². The molecule has 0 aliphatic carbocycles. The van der Waals surface area contributed by atoms with Gasteiger partial charge in [-0.3, -0.25) is 4.90 Å². The Balaban J connectivity index is 2.02. The van der Waals surface area contributed by atoms with Crippen molar-refractivity contribution in [2.75, 3.05) is 19.1 Å².